The molecule has 0 unspecified atom stereocenters. The van der Waals surface area contributed by atoms with E-state index in [1.807, 2.05) is 13.8 Å². The zero-order valence-electron chi connectivity index (χ0n) is 11.8. The van der Waals surface area contributed by atoms with Crippen molar-refractivity contribution in [2.45, 2.75) is 25.2 Å². The highest BCUT2D eigenvalue weighted by Gasteiger charge is 2.24. The summed E-state index contributed by atoms with van der Waals surface area (Å²) in [7, 11) is -3.82. The van der Waals surface area contributed by atoms with Crippen molar-refractivity contribution in [3.8, 4) is 0 Å². The molecule has 7 nitrogen and oxygen atoms in total. The predicted molar refractivity (Wildman–Crippen MR) is 78.8 cm³/mol. The number of furan rings is 1. The summed E-state index contributed by atoms with van der Waals surface area (Å²) in [5.74, 6) is -1.35. The van der Waals surface area contributed by atoms with Gasteiger partial charge in [-0.25, -0.2) is 17.9 Å². The Hall–Kier alpha value is -0.900. The highest BCUT2D eigenvalue weighted by atomic mass is 79.9. The van der Waals surface area contributed by atoms with Gasteiger partial charge in [0, 0.05) is 25.8 Å². The number of ether oxygens (including phenoxy) is 1. The zero-order valence-corrected chi connectivity index (χ0v) is 14.2. The molecule has 2 N–H and O–H groups in total. The third kappa shape index (κ3) is 5.77. The summed E-state index contributed by atoms with van der Waals surface area (Å²) < 4.78 is 36.4. The number of aromatic carboxylic acids is 1. The monoisotopic (exact) mass is 383 g/mol. The molecule has 0 aliphatic heterocycles. The van der Waals surface area contributed by atoms with Crippen molar-refractivity contribution in [2.24, 2.45) is 5.92 Å². The molecule has 21 heavy (non-hydrogen) atoms. The van der Waals surface area contributed by atoms with Crippen LogP contribution >= 0.6 is 15.9 Å². The van der Waals surface area contributed by atoms with Gasteiger partial charge in [-0.2, -0.15) is 0 Å². The summed E-state index contributed by atoms with van der Waals surface area (Å²) in [6.45, 7) is 5.33. The van der Waals surface area contributed by atoms with Crippen LogP contribution < -0.4 is 4.72 Å². The minimum absolute atomic E-state index is 0.136. The molecular formula is C12H18BrNO6S. The van der Waals surface area contributed by atoms with Gasteiger partial charge in [0.25, 0.3) is 0 Å². The average molecular weight is 384 g/mol. The topological polar surface area (TPSA) is 106 Å². The van der Waals surface area contributed by atoms with Gasteiger partial charge in [-0.3, -0.25) is 0 Å². The standard InChI is InChI=1S/C12H18BrNO6S/c1-8(2)7-19-5-3-4-14-21(17,18)10-6-9(12(15)16)20-11(10)13/h6,8,14H,3-5,7H2,1-2H3,(H,15,16). The van der Waals surface area contributed by atoms with Crippen LogP contribution in [0.25, 0.3) is 0 Å². The SMILES string of the molecule is CC(C)COCCCNS(=O)(=O)c1cc(C(=O)O)oc1Br. The van der Waals surface area contributed by atoms with Gasteiger partial charge in [0.15, 0.2) is 4.67 Å². The Bertz CT molecular complexity index is 581. The van der Waals surface area contributed by atoms with Gasteiger partial charge in [0.1, 0.15) is 4.90 Å². The van der Waals surface area contributed by atoms with Gasteiger partial charge in [0.2, 0.25) is 15.8 Å². The van der Waals surface area contributed by atoms with Gasteiger partial charge in [-0.05, 0) is 28.3 Å². The van der Waals surface area contributed by atoms with Crippen molar-refractivity contribution in [3.63, 3.8) is 0 Å². The Morgan fingerprint density at radius 3 is 2.71 bits per heavy atom. The maximum Gasteiger partial charge on any atom is 0.371 e. The van der Waals surface area contributed by atoms with Crippen molar-refractivity contribution in [2.75, 3.05) is 19.8 Å². The molecule has 1 rings (SSSR count). The van der Waals surface area contributed by atoms with E-state index in [0.717, 1.165) is 6.07 Å². The predicted octanol–water partition coefficient (Wildman–Crippen LogP) is 2.08. The van der Waals surface area contributed by atoms with Crippen molar-refractivity contribution < 1.29 is 27.5 Å². The Morgan fingerprint density at radius 2 is 2.19 bits per heavy atom. The first kappa shape index (κ1) is 18.1. The van der Waals surface area contributed by atoms with Gasteiger partial charge in [-0.15, -0.1) is 0 Å². The fraction of sp³-hybridized carbons (Fsp3) is 0.583. The maximum atomic E-state index is 12.0. The van der Waals surface area contributed by atoms with E-state index in [1.54, 1.807) is 0 Å². The number of rotatable bonds is 9. The highest BCUT2D eigenvalue weighted by Crippen LogP contribution is 2.25. The summed E-state index contributed by atoms with van der Waals surface area (Å²) in [4.78, 5) is 10.5. The van der Waals surface area contributed by atoms with Gasteiger partial charge in [0.05, 0.1) is 0 Å². The number of hydrogen-bond acceptors (Lipinski definition) is 5. The molecule has 1 aromatic rings. The second-order valence-electron chi connectivity index (χ2n) is 4.77. The van der Waals surface area contributed by atoms with E-state index in [1.165, 1.54) is 0 Å². The first-order valence-electron chi connectivity index (χ1n) is 6.34. The maximum absolute atomic E-state index is 12.0. The molecule has 0 amide bonds. The van der Waals surface area contributed by atoms with Crippen molar-refractivity contribution in [1.82, 2.24) is 4.72 Å². The lowest BCUT2D eigenvalue weighted by Gasteiger charge is -2.07. The molecule has 0 fully saturated rings. The molecule has 0 radical (unpaired) electrons. The molecule has 9 heteroatoms. The van der Waals surface area contributed by atoms with E-state index in [0.29, 0.717) is 25.6 Å². The summed E-state index contributed by atoms with van der Waals surface area (Å²) in [5, 5.41) is 8.76. The molecule has 1 heterocycles. The Morgan fingerprint density at radius 1 is 1.52 bits per heavy atom. The van der Waals surface area contributed by atoms with Crippen LogP contribution in [0.15, 0.2) is 20.0 Å². The highest BCUT2D eigenvalue weighted by molar-refractivity contribution is 9.10. The minimum atomic E-state index is -3.82. The fourth-order valence-electron chi connectivity index (χ4n) is 1.42. The molecule has 0 saturated carbocycles. The van der Waals surface area contributed by atoms with E-state index in [-0.39, 0.29) is 16.1 Å². The van der Waals surface area contributed by atoms with Crippen molar-refractivity contribution >= 4 is 31.9 Å². The molecule has 0 aromatic carbocycles. The normalized spacial score (nSPS) is 12.0. The molecule has 0 spiro atoms. The fourth-order valence-corrected chi connectivity index (χ4v) is 3.43. The van der Waals surface area contributed by atoms with E-state index in [2.05, 4.69) is 20.7 Å². The lowest BCUT2D eigenvalue weighted by molar-refractivity contribution is 0.0661. The number of carboxylic acids is 1. The van der Waals surface area contributed by atoms with E-state index < -0.39 is 21.8 Å². The summed E-state index contributed by atoms with van der Waals surface area (Å²) in [6, 6.07) is 0.962. The lowest BCUT2D eigenvalue weighted by Crippen LogP contribution is -2.25. The number of halogens is 1. The molecule has 1 aromatic heterocycles. The summed E-state index contributed by atoms with van der Waals surface area (Å²) >= 11 is 2.90. The Labute approximate surface area is 131 Å². The number of hydrogen-bond donors (Lipinski definition) is 2. The van der Waals surface area contributed by atoms with Crippen LogP contribution in [0.2, 0.25) is 0 Å². The Balaban J connectivity index is 2.52. The molecule has 0 aliphatic rings. The van der Waals surface area contributed by atoms with E-state index in [4.69, 9.17) is 14.3 Å². The van der Waals surface area contributed by atoms with Crippen LogP contribution in [0.5, 0.6) is 0 Å². The van der Waals surface area contributed by atoms with Gasteiger partial charge in [-0.1, -0.05) is 13.8 Å². The third-order valence-corrected chi connectivity index (χ3v) is 4.68. The average Bonchev–Trinajstić information content (AvgIpc) is 2.76. The van der Waals surface area contributed by atoms with Crippen LogP contribution in [0, 0.1) is 5.92 Å². The first-order chi connectivity index (χ1) is 9.74. The molecule has 0 aliphatic carbocycles. The van der Waals surface area contributed by atoms with Gasteiger partial charge < -0.3 is 14.3 Å². The van der Waals surface area contributed by atoms with Crippen molar-refractivity contribution in [3.05, 3.63) is 16.5 Å². The lowest BCUT2D eigenvalue weighted by atomic mass is 10.2. The second kappa shape index (κ2) is 7.92. The second-order valence-corrected chi connectivity index (χ2v) is 7.23. The largest absolute Gasteiger partial charge is 0.475 e. The number of nitrogens with one attached hydrogen (secondary N) is 1. The Kier molecular flexibility index (Phi) is 6.85. The molecule has 120 valence electrons. The van der Waals surface area contributed by atoms with E-state index in [9.17, 15) is 13.2 Å². The summed E-state index contributed by atoms with van der Waals surface area (Å²) in [5.41, 5.74) is 0. The third-order valence-electron chi connectivity index (χ3n) is 2.36. The van der Waals surface area contributed by atoms with Crippen LogP contribution in [0.4, 0.5) is 0 Å². The molecule has 0 bridgehead atoms. The van der Waals surface area contributed by atoms with Crippen LogP contribution in [0.1, 0.15) is 30.8 Å². The quantitative estimate of drug-likeness (QED) is 0.632. The first-order valence-corrected chi connectivity index (χ1v) is 8.61. The van der Waals surface area contributed by atoms with Crippen LogP contribution in [-0.2, 0) is 14.8 Å². The minimum Gasteiger partial charge on any atom is -0.475 e. The van der Waals surface area contributed by atoms with Crippen LogP contribution in [-0.4, -0.2) is 39.3 Å². The number of sulfonamides is 1. The smallest absolute Gasteiger partial charge is 0.371 e. The molecular weight excluding hydrogens is 366 g/mol. The van der Waals surface area contributed by atoms with Crippen molar-refractivity contribution in [1.29, 1.82) is 0 Å². The molecule has 0 atom stereocenters. The zero-order chi connectivity index (χ0) is 16.0. The number of carbonyl (C=O) groups is 1. The van der Waals surface area contributed by atoms with Crippen LogP contribution in [0.3, 0.4) is 0 Å². The number of carboxylic acid groups (broad SMARTS) is 1. The van der Waals surface area contributed by atoms with Gasteiger partial charge >= 0.3 is 5.97 Å². The molecule has 0 saturated heterocycles. The summed E-state index contributed by atoms with van der Waals surface area (Å²) in [6.07, 6.45) is 0.521. The van der Waals surface area contributed by atoms with E-state index >= 15 is 0 Å².